The van der Waals surface area contributed by atoms with Crippen molar-refractivity contribution in [3.8, 4) is 5.75 Å². The van der Waals surface area contributed by atoms with Crippen LogP contribution in [-0.4, -0.2) is 57.1 Å². The molecule has 2 heterocycles. The van der Waals surface area contributed by atoms with Crippen LogP contribution in [0.5, 0.6) is 5.75 Å². The summed E-state index contributed by atoms with van der Waals surface area (Å²) < 4.78 is 6.59. The Morgan fingerprint density at radius 3 is 2.81 bits per heavy atom. The lowest BCUT2D eigenvalue weighted by molar-refractivity contribution is -0.133. The summed E-state index contributed by atoms with van der Waals surface area (Å²) >= 11 is 0. The number of ether oxygens (including phenoxy) is 1. The lowest BCUT2D eigenvalue weighted by Gasteiger charge is -2.31. The van der Waals surface area contributed by atoms with E-state index in [4.69, 9.17) is 4.74 Å². The number of carbonyl (C=O) groups is 2. The molecular weight excluding hydrogens is 348 g/mol. The highest BCUT2D eigenvalue weighted by Crippen LogP contribution is 2.23. The number of likely N-dealkylation sites (tertiary alicyclic amines) is 1. The van der Waals surface area contributed by atoms with Gasteiger partial charge in [-0.3, -0.25) is 9.59 Å². The van der Waals surface area contributed by atoms with Gasteiger partial charge in [0, 0.05) is 31.3 Å². The SMILES string of the molecule is COc1cccc(NC(=O)CCC2CCN(C(=O)Cn3cnnn3)CC2)c1. The molecule has 1 aromatic carbocycles. The van der Waals surface area contributed by atoms with Crippen molar-refractivity contribution in [2.45, 2.75) is 32.2 Å². The van der Waals surface area contributed by atoms with E-state index in [0.29, 0.717) is 31.2 Å². The molecular formula is C18H24N6O3. The molecule has 27 heavy (non-hydrogen) atoms. The summed E-state index contributed by atoms with van der Waals surface area (Å²) in [5.74, 6) is 1.20. The molecule has 0 atom stereocenters. The van der Waals surface area contributed by atoms with E-state index < -0.39 is 0 Å². The molecule has 2 amide bonds. The van der Waals surface area contributed by atoms with Crippen molar-refractivity contribution in [1.29, 1.82) is 0 Å². The van der Waals surface area contributed by atoms with E-state index in [0.717, 1.165) is 24.9 Å². The van der Waals surface area contributed by atoms with Crippen LogP contribution in [0.3, 0.4) is 0 Å². The van der Waals surface area contributed by atoms with Crippen molar-refractivity contribution in [1.82, 2.24) is 25.1 Å². The van der Waals surface area contributed by atoms with Gasteiger partial charge >= 0.3 is 0 Å². The molecule has 2 aromatic rings. The van der Waals surface area contributed by atoms with Crippen molar-refractivity contribution in [2.75, 3.05) is 25.5 Å². The fraction of sp³-hybridized carbons (Fsp3) is 0.500. The molecule has 1 fully saturated rings. The van der Waals surface area contributed by atoms with E-state index in [9.17, 15) is 9.59 Å². The highest BCUT2D eigenvalue weighted by atomic mass is 16.5. The van der Waals surface area contributed by atoms with Gasteiger partial charge in [-0.1, -0.05) is 6.07 Å². The number of hydrogen-bond donors (Lipinski definition) is 1. The summed E-state index contributed by atoms with van der Waals surface area (Å²) in [6, 6.07) is 7.32. The Hall–Kier alpha value is -2.97. The third-order valence-electron chi connectivity index (χ3n) is 4.79. The van der Waals surface area contributed by atoms with Gasteiger partial charge in [0.25, 0.3) is 0 Å². The standard InChI is InChI=1S/C18H24N6O3/c1-27-16-4-2-3-15(11-16)20-17(25)6-5-14-7-9-23(10-8-14)18(26)12-24-13-19-21-22-24/h2-4,11,13-14H,5-10,12H2,1H3,(H,20,25). The molecule has 0 aliphatic carbocycles. The predicted molar refractivity (Wildman–Crippen MR) is 98.0 cm³/mol. The third-order valence-corrected chi connectivity index (χ3v) is 4.79. The van der Waals surface area contributed by atoms with Gasteiger partial charge in [-0.25, -0.2) is 4.68 Å². The zero-order chi connectivity index (χ0) is 19.1. The average Bonchev–Trinajstić information content (AvgIpc) is 3.20. The normalized spacial score (nSPS) is 14.8. The Bertz CT molecular complexity index is 756. The lowest BCUT2D eigenvalue weighted by Crippen LogP contribution is -2.40. The Morgan fingerprint density at radius 2 is 2.11 bits per heavy atom. The highest BCUT2D eigenvalue weighted by molar-refractivity contribution is 5.90. The van der Waals surface area contributed by atoms with Crippen LogP contribution in [0.4, 0.5) is 5.69 Å². The fourth-order valence-corrected chi connectivity index (χ4v) is 3.22. The van der Waals surface area contributed by atoms with Crippen molar-refractivity contribution < 1.29 is 14.3 Å². The maximum atomic E-state index is 12.2. The molecule has 0 saturated carbocycles. The number of nitrogens with zero attached hydrogens (tertiary/aromatic N) is 5. The molecule has 0 spiro atoms. The molecule has 9 nitrogen and oxygen atoms in total. The summed E-state index contributed by atoms with van der Waals surface area (Å²) in [4.78, 5) is 26.2. The number of piperidine rings is 1. The zero-order valence-electron chi connectivity index (χ0n) is 15.4. The Labute approximate surface area is 157 Å². The van der Waals surface area contributed by atoms with Gasteiger partial charge in [0.05, 0.1) is 7.11 Å². The zero-order valence-corrected chi connectivity index (χ0v) is 15.4. The second-order valence-corrected chi connectivity index (χ2v) is 6.65. The number of methoxy groups -OCH3 is 1. The van der Waals surface area contributed by atoms with Gasteiger partial charge in [0.15, 0.2) is 0 Å². The first kappa shape index (κ1) is 18.8. The number of hydrogen-bond acceptors (Lipinski definition) is 6. The fourth-order valence-electron chi connectivity index (χ4n) is 3.22. The minimum absolute atomic E-state index is 0.000409. The molecule has 9 heteroatoms. The topological polar surface area (TPSA) is 102 Å². The first-order valence-electron chi connectivity index (χ1n) is 9.06. The minimum Gasteiger partial charge on any atom is -0.497 e. The van der Waals surface area contributed by atoms with Gasteiger partial charge in [-0.05, 0) is 47.7 Å². The Kier molecular flexibility index (Phi) is 6.35. The first-order chi connectivity index (χ1) is 13.1. The predicted octanol–water partition coefficient (Wildman–Crippen LogP) is 1.34. The number of carbonyl (C=O) groups excluding carboxylic acids is 2. The van der Waals surface area contributed by atoms with E-state index in [-0.39, 0.29) is 18.4 Å². The van der Waals surface area contributed by atoms with Crippen LogP contribution in [-0.2, 0) is 16.1 Å². The average molecular weight is 372 g/mol. The second kappa shape index (κ2) is 9.11. The number of amides is 2. The van der Waals surface area contributed by atoms with E-state index in [1.54, 1.807) is 13.2 Å². The summed E-state index contributed by atoms with van der Waals surface area (Å²) in [5, 5.41) is 13.7. The van der Waals surface area contributed by atoms with Gasteiger partial charge < -0.3 is 15.0 Å². The number of aromatic nitrogens is 4. The van der Waals surface area contributed by atoms with Crippen LogP contribution < -0.4 is 10.1 Å². The Morgan fingerprint density at radius 1 is 1.30 bits per heavy atom. The summed E-state index contributed by atoms with van der Waals surface area (Å²) in [5.41, 5.74) is 0.738. The highest BCUT2D eigenvalue weighted by Gasteiger charge is 2.23. The molecule has 1 aliphatic rings. The molecule has 0 unspecified atom stereocenters. The van der Waals surface area contributed by atoms with E-state index in [1.165, 1.54) is 11.0 Å². The van der Waals surface area contributed by atoms with Crippen LogP contribution >= 0.6 is 0 Å². The van der Waals surface area contributed by atoms with E-state index in [1.807, 2.05) is 23.1 Å². The minimum atomic E-state index is 0.000409. The van der Waals surface area contributed by atoms with Crippen molar-refractivity contribution >= 4 is 17.5 Å². The molecule has 0 radical (unpaired) electrons. The van der Waals surface area contributed by atoms with Crippen LogP contribution in [0, 0.1) is 5.92 Å². The van der Waals surface area contributed by atoms with Gasteiger partial charge in [0.2, 0.25) is 11.8 Å². The molecule has 1 N–H and O–H groups in total. The number of anilines is 1. The van der Waals surface area contributed by atoms with Gasteiger partial charge in [-0.15, -0.1) is 5.10 Å². The molecule has 1 saturated heterocycles. The first-order valence-corrected chi connectivity index (χ1v) is 9.06. The summed E-state index contributed by atoms with van der Waals surface area (Å²) in [6.45, 7) is 1.59. The molecule has 1 aliphatic heterocycles. The van der Waals surface area contributed by atoms with Crippen LogP contribution in [0.15, 0.2) is 30.6 Å². The monoisotopic (exact) mass is 372 g/mol. The summed E-state index contributed by atoms with van der Waals surface area (Å²) in [7, 11) is 1.60. The molecule has 3 rings (SSSR count). The van der Waals surface area contributed by atoms with Crippen LogP contribution in [0.25, 0.3) is 0 Å². The number of nitrogens with one attached hydrogen (secondary N) is 1. The van der Waals surface area contributed by atoms with Crippen LogP contribution in [0.1, 0.15) is 25.7 Å². The molecule has 144 valence electrons. The quantitative estimate of drug-likeness (QED) is 0.787. The van der Waals surface area contributed by atoms with E-state index >= 15 is 0 Å². The Balaban J connectivity index is 1.37. The summed E-state index contributed by atoms with van der Waals surface area (Å²) in [6.07, 6.45) is 4.55. The maximum absolute atomic E-state index is 12.2. The number of benzene rings is 1. The van der Waals surface area contributed by atoms with Crippen molar-refractivity contribution in [3.05, 3.63) is 30.6 Å². The largest absolute Gasteiger partial charge is 0.497 e. The third kappa shape index (κ3) is 5.50. The van der Waals surface area contributed by atoms with Crippen molar-refractivity contribution in [3.63, 3.8) is 0 Å². The number of rotatable bonds is 7. The molecule has 0 bridgehead atoms. The van der Waals surface area contributed by atoms with Crippen molar-refractivity contribution in [2.24, 2.45) is 5.92 Å². The maximum Gasteiger partial charge on any atom is 0.244 e. The smallest absolute Gasteiger partial charge is 0.244 e. The van der Waals surface area contributed by atoms with Gasteiger partial charge in [-0.2, -0.15) is 0 Å². The second-order valence-electron chi connectivity index (χ2n) is 6.65. The van der Waals surface area contributed by atoms with Gasteiger partial charge in [0.1, 0.15) is 18.6 Å². The van der Waals surface area contributed by atoms with E-state index in [2.05, 4.69) is 20.8 Å². The lowest BCUT2D eigenvalue weighted by atomic mass is 9.92. The number of tetrazole rings is 1. The molecule has 1 aromatic heterocycles. The van der Waals surface area contributed by atoms with Crippen LogP contribution in [0.2, 0.25) is 0 Å².